The van der Waals surface area contributed by atoms with Crippen LogP contribution in [-0.2, 0) is 13.1 Å². The number of furan rings is 1. The van der Waals surface area contributed by atoms with Gasteiger partial charge in [0.05, 0.1) is 12.8 Å². The fourth-order valence-electron chi connectivity index (χ4n) is 2.31. The number of hydrogen-bond donors (Lipinski definition) is 1. The van der Waals surface area contributed by atoms with E-state index < -0.39 is 0 Å². The van der Waals surface area contributed by atoms with E-state index in [1.165, 1.54) is 37.9 Å². The SMILES string of the molecule is CC(C)(C)NCc1coc(CN2CCCCC2)c1. The highest BCUT2D eigenvalue weighted by Crippen LogP contribution is 2.15. The normalized spacial score (nSPS) is 18.2. The Kier molecular flexibility index (Phi) is 4.46. The maximum atomic E-state index is 5.65. The van der Waals surface area contributed by atoms with Gasteiger partial charge in [-0.3, -0.25) is 4.90 Å². The lowest BCUT2D eigenvalue weighted by Gasteiger charge is -2.25. The van der Waals surface area contributed by atoms with Crippen molar-refractivity contribution < 1.29 is 4.42 Å². The summed E-state index contributed by atoms with van der Waals surface area (Å²) >= 11 is 0. The zero-order valence-electron chi connectivity index (χ0n) is 12.0. The minimum atomic E-state index is 0.157. The summed E-state index contributed by atoms with van der Waals surface area (Å²) in [5, 5.41) is 3.48. The molecule has 1 aliphatic heterocycles. The van der Waals surface area contributed by atoms with E-state index in [-0.39, 0.29) is 5.54 Å². The first-order chi connectivity index (χ1) is 8.53. The molecule has 0 aromatic carbocycles. The zero-order valence-corrected chi connectivity index (χ0v) is 12.0. The molecule has 0 unspecified atom stereocenters. The van der Waals surface area contributed by atoms with Gasteiger partial charge in [0, 0.05) is 17.6 Å². The number of nitrogens with one attached hydrogen (secondary N) is 1. The molecule has 1 saturated heterocycles. The first-order valence-electron chi connectivity index (χ1n) is 7.07. The van der Waals surface area contributed by atoms with Crippen LogP contribution in [0.2, 0.25) is 0 Å². The smallest absolute Gasteiger partial charge is 0.118 e. The summed E-state index contributed by atoms with van der Waals surface area (Å²) in [5.41, 5.74) is 1.40. The summed E-state index contributed by atoms with van der Waals surface area (Å²) < 4.78 is 5.65. The molecule has 2 rings (SSSR count). The predicted octanol–water partition coefficient (Wildman–Crippen LogP) is 3.15. The number of hydrogen-bond acceptors (Lipinski definition) is 3. The van der Waals surface area contributed by atoms with Crippen molar-refractivity contribution in [3.05, 3.63) is 23.7 Å². The average Bonchev–Trinajstić information content (AvgIpc) is 2.75. The van der Waals surface area contributed by atoms with E-state index in [9.17, 15) is 0 Å². The van der Waals surface area contributed by atoms with E-state index in [1.54, 1.807) is 0 Å². The minimum absolute atomic E-state index is 0.157. The fourth-order valence-corrected chi connectivity index (χ4v) is 2.31. The summed E-state index contributed by atoms with van der Waals surface area (Å²) in [7, 11) is 0. The number of rotatable bonds is 4. The van der Waals surface area contributed by atoms with Gasteiger partial charge in [0.15, 0.2) is 0 Å². The predicted molar refractivity (Wildman–Crippen MR) is 74.4 cm³/mol. The van der Waals surface area contributed by atoms with Gasteiger partial charge < -0.3 is 9.73 Å². The van der Waals surface area contributed by atoms with Crippen molar-refractivity contribution in [3.63, 3.8) is 0 Å². The third-order valence-electron chi connectivity index (χ3n) is 3.36. The molecule has 3 nitrogen and oxygen atoms in total. The van der Waals surface area contributed by atoms with Gasteiger partial charge in [0.25, 0.3) is 0 Å². The van der Waals surface area contributed by atoms with Gasteiger partial charge in [-0.25, -0.2) is 0 Å². The number of piperidine rings is 1. The van der Waals surface area contributed by atoms with E-state index in [0.29, 0.717) is 0 Å². The maximum absolute atomic E-state index is 5.65. The topological polar surface area (TPSA) is 28.4 Å². The van der Waals surface area contributed by atoms with Gasteiger partial charge in [-0.05, 0) is 52.8 Å². The molecule has 1 aromatic heterocycles. The van der Waals surface area contributed by atoms with Crippen molar-refractivity contribution in [2.45, 2.75) is 58.7 Å². The average molecular weight is 250 g/mol. The number of nitrogens with zero attached hydrogens (tertiary/aromatic N) is 1. The summed E-state index contributed by atoms with van der Waals surface area (Å²) in [4.78, 5) is 2.49. The monoisotopic (exact) mass is 250 g/mol. The van der Waals surface area contributed by atoms with Gasteiger partial charge in [-0.2, -0.15) is 0 Å². The molecule has 0 aliphatic carbocycles. The van der Waals surface area contributed by atoms with Crippen molar-refractivity contribution in [1.29, 1.82) is 0 Å². The van der Waals surface area contributed by atoms with Crippen molar-refractivity contribution in [2.75, 3.05) is 13.1 Å². The Labute approximate surface area is 111 Å². The summed E-state index contributed by atoms with van der Waals surface area (Å²) in [6.07, 6.45) is 5.94. The van der Waals surface area contributed by atoms with Crippen LogP contribution in [0.3, 0.4) is 0 Å². The highest BCUT2D eigenvalue weighted by atomic mass is 16.3. The van der Waals surface area contributed by atoms with Crippen molar-refractivity contribution in [2.24, 2.45) is 0 Å². The molecule has 1 N–H and O–H groups in total. The molecule has 1 aromatic rings. The van der Waals surface area contributed by atoms with Gasteiger partial charge in [0.2, 0.25) is 0 Å². The molecule has 0 radical (unpaired) electrons. The van der Waals surface area contributed by atoms with Gasteiger partial charge >= 0.3 is 0 Å². The van der Waals surface area contributed by atoms with Crippen molar-refractivity contribution in [1.82, 2.24) is 10.2 Å². The summed E-state index contributed by atoms with van der Waals surface area (Å²) in [6.45, 7) is 10.8. The van der Waals surface area contributed by atoms with E-state index in [1.807, 2.05) is 6.26 Å². The van der Waals surface area contributed by atoms with Crippen molar-refractivity contribution in [3.8, 4) is 0 Å². The highest BCUT2D eigenvalue weighted by molar-refractivity contribution is 5.13. The second-order valence-corrected chi connectivity index (χ2v) is 6.36. The van der Waals surface area contributed by atoms with E-state index in [0.717, 1.165) is 18.8 Å². The van der Waals surface area contributed by atoms with Gasteiger partial charge in [-0.15, -0.1) is 0 Å². The molecule has 18 heavy (non-hydrogen) atoms. The lowest BCUT2D eigenvalue weighted by atomic mass is 10.1. The van der Waals surface area contributed by atoms with Crippen LogP contribution in [0.25, 0.3) is 0 Å². The summed E-state index contributed by atoms with van der Waals surface area (Å²) in [6, 6.07) is 2.19. The number of likely N-dealkylation sites (tertiary alicyclic amines) is 1. The second kappa shape index (κ2) is 5.89. The molecule has 0 amide bonds. The summed E-state index contributed by atoms with van der Waals surface area (Å²) in [5.74, 6) is 1.10. The standard InChI is InChI=1S/C15H26N2O/c1-15(2,3)16-10-13-9-14(18-12-13)11-17-7-5-4-6-8-17/h9,12,16H,4-8,10-11H2,1-3H3. The molecule has 1 fully saturated rings. The van der Waals surface area contributed by atoms with Crippen LogP contribution in [-0.4, -0.2) is 23.5 Å². The Bertz CT molecular complexity index is 359. The van der Waals surface area contributed by atoms with E-state index in [4.69, 9.17) is 4.42 Å². The molecule has 0 atom stereocenters. The molecule has 2 heterocycles. The molecule has 0 bridgehead atoms. The Morgan fingerprint density at radius 1 is 1.22 bits per heavy atom. The molecule has 3 heteroatoms. The van der Waals surface area contributed by atoms with Crippen LogP contribution >= 0.6 is 0 Å². The minimum Gasteiger partial charge on any atom is -0.468 e. The zero-order chi connectivity index (χ0) is 13.0. The molecule has 0 saturated carbocycles. The Balaban J connectivity index is 1.82. The first kappa shape index (κ1) is 13.6. The fraction of sp³-hybridized carbons (Fsp3) is 0.733. The van der Waals surface area contributed by atoms with Crippen molar-refractivity contribution >= 4 is 0 Å². The molecule has 102 valence electrons. The highest BCUT2D eigenvalue weighted by Gasteiger charge is 2.13. The third kappa shape index (κ3) is 4.46. The molecule has 1 aliphatic rings. The van der Waals surface area contributed by atoms with Crippen LogP contribution in [0.15, 0.2) is 16.7 Å². The third-order valence-corrected chi connectivity index (χ3v) is 3.36. The van der Waals surface area contributed by atoms with E-state index >= 15 is 0 Å². The van der Waals surface area contributed by atoms with Crippen LogP contribution in [0, 0.1) is 0 Å². The molecular weight excluding hydrogens is 224 g/mol. The second-order valence-electron chi connectivity index (χ2n) is 6.36. The largest absolute Gasteiger partial charge is 0.468 e. The Morgan fingerprint density at radius 2 is 1.94 bits per heavy atom. The quantitative estimate of drug-likeness (QED) is 0.890. The first-order valence-corrected chi connectivity index (χ1v) is 7.07. The Hall–Kier alpha value is -0.800. The molecule has 0 spiro atoms. The maximum Gasteiger partial charge on any atom is 0.118 e. The molecular formula is C15H26N2O. The van der Waals surface area contributed by atoms with Gasteiger partial charge in [-0.1, -0.05) is 6.42 Å². The van der Waals surface area contributed by atoms with Crippen LogP contribution < -0.4 is 5.32 Å². The Morgan fingerprint density at radius 3 is 2.61 bits per heavy atom. The lowest BCUT2D eigenvalue weighted by Crippen LogP contribution is -2.34. The van der Waals surface area contributed by atoms with E-state index in [2.05, 4.69) is 37.1 Å². The van der Waals surface area contributed by atoms with Crippen LogP contribution in [0.5, 0.6) is 0 Å². The lowest BCUT2D eigenvalue weighted by molar-refractivity contribution is 0.205. The van der Waals surface area contributed by atoms with Crippen LogP contribution in [0.4, 0.5) is 0 Å². The van der Waals surface area contributed by atoms with Gasteiger partial charge in [0.1, 0.15) is 5.76 Å². The van der Waals surface area contributed by atoms with Crippen LogP contribution in [0.1, 0.15) is 51.4 Å².